The summed E-state index contributed by atoms with van der Waals surface area (Å²) in [5, 5.41) is 6.72. The van der Waals surface area contributed by atoms with Crippen molar-refractivity contribution >= 4 is 41.8 Å². The smallest absolute Gasteiger partial charge is 0.230 e. The first-order chi connectivity index (χ1) is 12.9. The van der Waals surface area contributed by atoms with E-state index in [1.807, 2.05) is 19.0 Å². The number of hydrogen-bond acceptors (Lipinski definition) is 4. The quantitative estimate of drug-likeness (QED) is 0.312. The van der Waals surface area contributed by atoms with E-state index in [0.29, 0.717) is 6.54 Å². The third-order valence-corrected chi connectivity index (χ3v) is 5.78. The number of piperazine rings is 1. The van der Waals surface area contributed by atoms with Gasteiger partial charge in [0.05, 0.1) is 5.41 Å². The van der Waals surface area contributed by atoms with Crippen molar-refractivity contribution in [1.82, 2.24) is 25.3 Å². The second-order valence-corrected chi connectivity index (χ2v) is 7.89. The molecule has 1 aliphatic heterocycles. The number of nitrogens with zero attached hydrogens (tertiary/aromatic N) is 4. The molecule has 0 spiro atoms. The lowest BCUT2D eigenvalue weighted by Crippen LogP contribution is -2.52. The van der Waals surface area contributed by atoms with E-state index in [1.165, 1.54) is 0 Å². The summed E-state index contributed by atoms with van der Waals surface area (Å²) in [4.78, 5) is 34.3. The molecule has 1 saturated heterocycles. The summed E-state index contributed by atoms with van der Waals surface area (Å²) in [6.45, 7) is 7.38. The van der Waals surface area contributed by atoms with Gasteiger partial charge < -0.3 is 20.4 Å². The van der Waals surface area contributed by atoms with Crippen LogP contribution >= 0.6 is 24.0 Å². The zero-order valence-electron chi connectivity index (χ0n) is 17.8. The van der Waals surface area contributed by atoms with Crippen molar-refractivity contribution in [3.8, 4) is 0 Å². The number of hydrogen-bond donors (Lipinski definition) is 2. The van der Waals surface area contributed by atoms with Gasteiger partial charge in [0.2, 0.25) is 11.8 Å². The Morgan fingerprint density at radius 3 is 2.18 bits per heavy atom. The summed E-state index contributed by atoms with van der Waals surface area (Å²) in [6, 6.07) is 0. The van der Waals surface area contributed by atoms with E-state index in [0.717, 1.165) is 70.9 Å². The molecule has 2 amide bonds. The SMILES string of the molecule is CN=C(NCCN1CCN(C(C)=O)CC1)NCC1(C(=O)N(C)C)CCCC1.I. The monoisotopic (exact) mass is 508 g/mol. The molecule has 8 nitrogen and oxygen atoms in total. The molecule has 0 aromatic carbocycles. The van der Waals surface area contributed by atoms with Crippen LogP contribution in [-0.2, 0) is 9.59 Å². The minimum Gasteiger partial charge on any atom is -0.355 e. The molecule has 1 aliphatic carbocycles. The first kappa shape index (κ1) is 24.9. The standard InChI is InChI=1S/C19H36N6O2.HI/c1-16(26)25-13-11-24(12-14-25)10-9-21-18(20-2)22-15-19(7-5-6-8-19)17(27)23(3)4;/h5-15H2,1-4H3,(H2,20,21,22);1H. The maximum Gasteiger partial charge on any atom is 0.230 e. The van der Waals surface area contributed by atoms with Crippen molar-refractivity contribution in [3.05, 3.63) is 0 Å². The van der Waals surface area contributed by atoms with Gasteiger partial charge in [0.1, 0.15) is 0 Å². The Kier molecular flexibility index (Phi) is 10.5. The molecule has 2 rings (SSSR count). The second-order valence-electron chi connectivity index (χ2n) is 7.89. The van der Waals surface area contributed by atoms with Crippen LogP contribution < -0.4 is 10.6 Å². The number of nitrogens with one attached hydrogen (secondary N) is 2. The Morgan fingerprint density at radius 1 is 1.07 bits per heavy atom. The largest absolute Gasteiger partial charge is 0.355 e. The maximum absolute atomic E-state index is 12.7. The van der Waals surface area contributed by atoms with E-state index >= 15 is 0 Å². The lowest BCUT2D eigenvalue weighted by atomic mass is 9.84. The van der Waals surface area contributed by atoms with Gasteiger partial charge in [-0.2, -0.15) is 0 Å². The van der Waals surface area contributed by atoms with Gasteiger partial charge in [0, 0.05) is 73.9 Å². The van der Waals surface area contributed by atoms with Crippen molar-refractivity contribution < 1.29 is 9.59 Å². The van der Waals surface area contributed by atoms with E-state index in [-0.39, 0.29) is 41.2 Å². The Morgan fingerprint density at radius 2 is 1.68 bits per heavy atom. The van der Waals surface area contributed by atoms with Crippen molar-refractivity contribution in [2.45, 2.75) is 32.6 Å². The molecule has 162 valence electrons. The summed E-state index contributed by atoms with van der Waals surface area (Å²) in [6.07, 6.45) is 4.10. The molecule has 28 heavy (non-hydrogen) atoms. The summed E-state index contributed by atoms with van der Waals surface area (Å²) in [5.41, 5.74) is -0.301. The van der Waals surface area contributed by atoms with Gasteiger partial charge in [-0.05, 0) is 12.8 Å². The van der Waals surface area contributed by atoms with Crippen LogP contribution in [0.25, 0.3) is 0 Å². The molecule has 1 heterocycles. The van der Waals surface area contributed by atoms with Gasteiger partial charge >= 0.3 is 0 Å². The molecule has 2 N–H and O–H groups in total. The van der Waals surface area contributed by atoms with Crippen LogP contribution in [0.3, 0.4) is 0 Å². The molecule has 0 radical (unpaired) electrons. The lowest BCUT2D eigenvalue weighted by molar-refractivity contribution is -0.138. The Bertz CT molecular complexity index is 541. The third kappa shape index (κ3) is 6.75. The third-order valence-electron chi connectivity index (χ3n) is 5.78. The molecule has 0 unspecified atom stereocenters. The van der Waals surface area contributed by atoms with Crippen molar-refractivity contribution in [1.29, 1.82) is 0 Å². The Balaban J connectivity index is 0.00000392. The van der Waals surface area contributed by atoms with Crippen LogP contribution in [0.5, 0.6) is 0 Å². The van der Waals surface area contributed by atoms with Crippen LogP contribution in [0.15, 0.2) is 4.99 Å². The molecule has 2 aliphatic rings. The average Bonchev–Trinajstić information content (AvgIpc) is 3.14. The number of amides is 2. The summed E-state index contributed by atoms with van der Waals surface area (Å²) in [5.74, 6) is 1.12. The fourth-order valence-corrected chi connectivity index (χ4v) is 4.08. The van der Waals surface area contributed by atoms with E-state index < -0.39 is 0 Å². The number of carbonyl (C=O) groups is 2. The first-order valence-corrected chi connectivity index (χ1v) is 10.0. The molecule has 0 atom stereocenters. The highest BCUT2D eigenvalue weighted by Gasteiger charge is 2.42. The number of aliphatic imine (C=N–C) groups is 1. The van der Waals surface area contributed by atoms with Crippen LogP contribution in [0.4, 0.5) is 0 Å². The number of carbonyl (C=O) groups excluding carboxylic acids is 2. The highest BCUT2D eigenvalue weighted by atomic mass is 127. The fraction of sp³-hybridized carbons (Fsp3) is 0.842. The summed E-state index contributed by atoms with van der Waals surface area (Å²) < 4.78 is 0. The van der Waals surface area contributed by atoms with Gasteiger partial charge in [0.25, 0.3) is 0 Å². The van der Waals surface area contributed by atoms with Gasteiger partial charge in [-0.15, -0.1) is 24.0 Å². The second kappa shape index (κ2) is 11.8. The molecular weight excluding hydrogens is 471 g/mol. The van der Waals surface area contributed by atoms with Crippen molar-refractivity contribution in [2.24, 2.45) is 10.4 Å². The van der Waals surface area contributed by atoms with Gasteiger partial charge in [-0.1, -0.05) is 12.8 Å². The normalized spacial score (nSPS) is 19.7. The highest BCUT2D eigenvalue weighted by Crippen LogP contribution is 2.38. The molecule has 0 aromatic rings. The molecule has 0 bridgehead atoms. The summed E-state index contributed by atoms with van der Waals surface area (Å²) in [7, 11) is 5.43. The minimum absolute atomic E-state index is 0. The first-order valence-electron chi connectivity index (χ1n) is 10.0. The zero-order valence-corrected chi connectivity index (χ0v) is 20.1. The van der Waals surface area contributed by atoms with Crippen molar-refractivity contribution in [3.63, 3.8) is 0 Å². The van der Waals surface area contributed by atoms with Gasteiger partial charge in [-0.3, -0.25) is 19.5 Å². The molecule has 9 heteroatoms. The number of halogens is 1. The highest BCUT2D eigenvalue weighted by molar-refractivity contribution is 14.0. The Hall–Kier alpha value is -1.10. The van der Waals surface area contributed by atoms with E-state index in [9.17, 15) is 9.59 Å². The van der Waals surface area contributed by atoms with Crippen molar-refractivity contribution in [2.75, 3.05) is 67.0 Å². The molecule has 1 saturated carbocycles. The summed E-state index contributed by atoms with van der Waals surface area (Å²) >= 11 is 0. The number of guanidine groups is 1. The molecule has 2 fully saturated rings. The Labute approximate surface area is 186 Å². The maximum atomic E-state index is 12.7. The van der Waals surface area contributed by atoms with E-state index in [2.05, 4.69) is 20.5 Å². The van der Waals surface area contributed by atoms with Crippen LogP contribution in [0.1, 0.15) is 32.6 Å². The zero-order chi connectivity index (χ0) is 19.9. The minimum atomic E-state index is -0.301. The molecule has 0 aromatic heterocycles. The van der Waals surface area contributed by atoms with E-state index in [1.54, 1.807) is 18.9 Å². The average molecular weight is 508 g/mol. The predicted octanol–water partition coefficient (Wildman–Crippen LogP) is 0.582. The van der Waals surface area contributed by atoms with Gasteiger partial charge in [-0.25, -0.2) is 0 Å². The number of rotatable bonds is 6. The predicted molar refractivity (Wildman–Crippen MR) is 123 cm³/mol. The van der Waals surface area contributed by atoms with E-state index in [4.69, 9.17) is 0 Å². The lowest BCUT2D eigenvalue weighted by Gasteiger charge is -2.34. The van der Waals surface area contributed by atoms with Crippen LogP contribution in [0, 0.1) is 5.41 Å². The van der Waals surface area contributed by atoms with Crippen LogP contribution in [0.2, 0.25) is 0 Å². The molecular formula is C19H37IN6O2. The fourth-order valence-electron chi connectivity index (χ4n) is 4.08. The topological polar surface area (TPSA) is 80.3 Å². The van der Waals surface area contributed by atoms with Gasteiger partial charge in [0.15, 0.2) is 5.96 Å². The van der Waals surface area contributed by atoms with Crippen LogP contribution in [-0.4, -0.2) is 99.4 Å².